The summed E-state index contributed by atoms with van der Waals surface area (Å²) >= 11 is 0. The fourth-order valence-electron chi connectivity index (χ4n) is 2.77. The Hall–Kier alpha value is -2.43. The quantitative estimate of drug-likeness (QED) is 0.874. The van der Waals surface area contributed by atoms with Crippen LogP contribution in [-0.4, -0.2) is 18.3 Å². The lowest BCUT2D eigenvalue weighted by molar-refractivity contribution is 0.185. The SMILES string of the molecule is COc1ccc(N(C(=O)O)C(c2ccccc2C)C(C)(C)C)o1. The van der Waals surface area contributed by atoms with Crippen molar-refractivity contribution >= 4 is 12.0 Å². The molecule has 0 aliphatic rings. The summed E-state index contributed by atoms with van der Waals surface area (Å²) in [6.07, 6.45) is -1.06. The third-order valence-electron chi connectivity index (χ3n) is 3.77. The molecule has 0 saturated heterocycles. The second-order valence-corrected chi connectivity index (χ2v) is 6.57. The Bertz CT molecular complexity index is 684. The second-order valence-electron chi connectivity index (χ2n) is 6.57. The van der Waals surface area contributed by atoms with Crippen LogP contribution in [0.25, 0.3) is 0 Å². The van der Waals surface area contributed by atoms with Crippen molar-refractivity contribution in [3.63, 3.8) is 0 Å². The number of rotatable bonds is 4. The molecule has 1 aromatic carbocycles. The highest BCUT2D eigenvalue weighted by molar-refractivity contribution is 5.85. The van der Waals surface area contributed by atoms with E-state index in [1.54, 1.807) is 12.1 Å². The van der Waals surface area contributed by atoms with Gasteiger partial charge in [-0.3, -0.25) is 0 Å². The van der Waals surface area contributed by atoms with Crippen molar-refractivity contribution < 1.29 is 19.1 Å². The minimum absolute atomic E-state index is 0.248. The molecule has 0 bridgehead atoms. The second kappa shape index (κ2) is 6.36. The van der Waals surface area contributed by atoms with Gasteiger partial charge >= 0.3 is 6.09 Å². The van der Waals surface area contributed by atoms with Gasteiger partial charge in [-0.05, 0) is 23.5 Å². The first-order valence-corrected chi connectivity index (χ1v) is 7.47. The zero-order valence-electron chi connectivity index (χ0n) is 14.2. The molecule has 1 N–H and O–H groups in total. The summed E-state index contributed by atoms with van der Waals surface area (Å²) in [6, 6.07) is 10.6. The maximum Gasteiger partial charge on any atom is 0.414 e. The van der Waals surface area contributed by atoms with Crippen molar-refractivity contribution in [1.29, 1.82) is 0 Å². The van der Waals surface area contributed by atoms with Gasteiger partial charge in [-0.15, -0.1) is 0 Å². The number of methoxy groups -OCH3 is 1. The van der Waals surface area contributed by atoms with E-state index in [1.807, 2.05) is 52.0 Å². The molecule has 1 unspecified atom stereocenters. The first-order valence-electron chi connectivity index (χ1n) is 7.47. The molecule has 0 aliphatic carbocycles. The predicted octanol–water partition coefficient (Wildman–Crippen LogP) is 4.87. The Morgan fingerprint density at radius 2 is 1.87 bits per heavy atom. The summed E-state index contributed by atoms with van der Waals surface area (Å²) in [7, 11) is 1.48. The number of carboxylic acid groups (broad SMARTS) is 1. The van der Waals surface area contributed by atoms with Gasteiger partial charge in [-0.2, -0.15) is 0 Å². The van der Waals surface area contributed by atoms with Crippen LogP contribution in [0.2, 0.25) is 0 Å². The fourth-order valence-corrected chi connectivity index (χ4v) is 2.77. The summed E-state index contributed by atoms with van der Waals surface area (Å²) in [6.45, 7) is 8.03. The molecule has 0 aliphatic heterocycles. The number of benzene rings is 1. The molecular formula is C18H23NO4. The van der Waals surface area contributed by atoms with Gasteiger partial charge < -0.3 is 14.3 Å². The molecule has 1 amide bonds. The molecule has 124 valence electrons. The molecule has 0 spiro atoms. The lowest BCUT2D eigenvalue weighted by atomic mass is 9.80. The lowest BCUT2D eigenvalue weighted by Crippen LogP contribution is -2.40. The van der Waals surface area contributed by atoms with Gasteiger partial charge in [0, 0.05) is 12.1 Å². The largest absolute Gasteiger partial charge is 0.468 e. The van der Waals surface area contributed by atoms with Crippen LogP contribution in [0.15, 0.2) is 40.8 Å². The number of furan rings is 1. The number of amides is 1. The van der Waals surface area contributed by atoms with Crippen molar-refractivity contribution in [3.05, 3.63) is 47.5 Å². The Morgan fingerprint density at radius 1 is 1.22 bits per heavy atom. The fraction of sp³-hybridized carbons (Fsp3) is 0.389. The molecule has 0 radical (unpaired) electrons. The molecule has 0 fully saturated rings. The summed E-state index contributed by atoms with van der Waals surface area (Å²) in [5.74, 6) is 0.529. The zero-order chi connectivity index (χ0) is 17.2. The standard InChI is InChI=1S/C18H23NO4/c1-12-8-6-7-9-13(12)16(18(2,3)4)19(17(20)21)14-10-11-15(22-5)23-14/h6-11,16H,1-5H3,(H,20,21). The summed E-state index contributed by atoms with van der Waals surface area (Å²) in [5, 5.41) is 9.82. The van der Waals surface area contributed by atoms with Gasteiger partial charge in [-0.1, -0.05) is 45.0 Å². The molecular weight excluding hydrogens is 294 g/mol. The topological polar surface area (TPSA) is 62.9 Å². The average molecular weight is 317 g/mol. The van der Waals surface area contributed by atoms with Crippen LogP contribution < -0.4 is 9.64 Å². The lowest BCUT2D eigenvalue weighted by Gasteiger charge is -2.38. The van der Waals surface area contributed by atoms with Crippen molar-refractivity contribution in [2.24, 2.45) is 5.41 Å². The van der Waals surface area contributed by atoms with Gasteiger partial charge in [0.25, 0.3) is 5.95 Å². The Kier molecular flexibility index (Phi) is 4.68. The van der Waals surface area contributed by atoms with Crippen LogP contribution >= 0.6 is 0 Å². The molecule has 5 heteroatoms. The van der Waals surface area contributed by atoms with Gasteiger partial charge in [0.2, 0.25) is 5.88 Å². The molecule has 1 aromatic heterocycles. The van der Waals surface area contributed by atoms with Crippen molar-refractivity contribution in [3.8, 4) is 5.95 Å². The van der Waals surface area contributed by atoms with E-state index in [9.17, 15) is 9.90 Å². The molecule has 5 nitrogen and oxygen atoms in total. The third-order valence-corrected chi connectivity index (χ3v) is 3.77. The molecule has 23 heavy (non-hydrogen) atoms. The van der Waals surface area contributed by atoms with Crippen LogP contribution in [0, 0.1) is 12.3 Å². The van der Waals surface area contributed by atoms with Crippen LogP contribution in [0.1, 0.15) is 37.9 Å². The first kappa shape index (κ1) is 16.9. The van der Waals surface area contributed by atoms with Gasteiger partial charge in [-0.25, -0.2) is 9.69 Å². The average Bonchev–Trinajstić information content (AvgIpc) is 2.92. The Morgan fingerprint density at radius 3 is 2.35 bits per heavy atom. The van der Waals surface area contributed by atoms with Crippen LogP contribution in [0.3, 0.4) is 0 Å². The number of aryl methyl sites for hydroxylation is 1. The van der Waals surface area contributed by atoms with E-state index in [0.717, 1.165) is 11.1 Å². The number of anilines is 1. The van der Waals surface area contributed by atoms with E-state index in [2.05, 4.69) is 0 Å². The van der Waals surface area contributed by atoms with E-state index in [4.69, 9.17) is 9.15 Å². The van der Waals surface area contributed by atoms with Crippen molar-refractivity contribution in [1.82, 2.24) is 0 Å². The van der Waals surface area contributed by atoms with E-state index < -0.39 is 12.1 Å². The Labute approximate surface area is 136 Å². The van der Waals surface area contributed by atoms with Crippen LogP contribution in [-0.2, 0) is 0 Å². The van der Waals surface area contributed by atoms with Crippen LogP contribution in [0.5, 0.6) is 5.95 Å². The summed E-state index contributed by atoms with van der Waals surface area (Å²) in [4.78, 5) is 13.3. The van der Waals surface area contributed by atoms with E-state index >= 15 is 0 Å². The zero-order valence-corrected chi connectivity index (χ0v) is 14.2. The van der Waals surface area contributed by atoms with Gasteiger partial charge in [0.15, 0.2) is 0 Å². The number of ether oxygens (including phenoxy) is 1. The number of nitrogens with zero attached hydrogens (tertiary/aromatic N) is 1. The number of hydrogen-bond donors (Lipinski definition) is 1. The van der Waals surface area contributed by atoms with Crippen molar-refractivity contribution in [2.45, 2.75) is 33.7 Å². The summed E-state index contributed by atoms with van der Waals surface area (Å²) in [5.41, 5.74) is 1.67. The summed E-state index contributed by atoms with van der Waals surface area (Å²) < 4.78 is 10.5. The van der Waals surface area contributed by atoms with E-state index in [0.29, 0.717) is 0 Å². The maximum atomic E-state index is 12.0. The van der Waals surface area contributed by atoms with Gasteiger partial charge in [0.05, 0.1) is 13.2 Å². The van der Waals surface area contributed by atoms with Gasteiger partial charge in [0.1, 0.15) is 0 Å². The first-order chi connectivity index (χ1) is 10.8. The third kappa shape index (κ3) is 3.50. The van der Waals surface area contributed by atoms with E-state index in [1.165, 1.54) is 12.0 Å². The van der Waals surface area contributed by atoms with Crippen LogP contribution in [0.4, 0.5) is 10.7 Å². The molecule has 0 saturated carbocycles. The normalized spacial score (nSPS) is 12.7. The monoisotopic (exact) mass is 317 g/mol. The number of hydrogen-bond acceptors (Lipinski definition) is 3. The minimum atomic E-state index is -1.06. The number of carbonyl (C=O) groups is 1. The Balaban J connectivity index is 2.59. The van der Waals surface area contributed by atoms with E-state index in [-0.39, 0.29) is 17.2 Å². The molecule has 2 aromatic rings. The highest BCUT2D eigenvalue weighted by atomic mass is 16.6. The molecule has 2 rings (SSSR count). The molecule has 1 atom stereocenters. The van der Waals surface area contributed by atoms with Crippen molar-refractivity contribution in [2.75, 3.05) is 12.0 Å². The highest BCUT2D eigenvalue weighted by Crippen LogP contribution is 2.42. The smallest absolute Gasteiger partial charge is 0.414 e. The highest BCUT2D eigenvalue weighted by Gasteiger charge is 2.38. The maximum absolute atomic E-state index is 12.0. The molecule has 1 heterocycles. The minimum Gasteiger partial charge on any atom is -0.468 e. The predicted molar refractivity (Wildman–Crippen MR) is 89.1 cm³/mol.